The van der Waals surface area contributed by atoms with Crippen molar-refractivity contribution in [1.29, 1.82) is 0 Å². The molecule has 1 atom stereocenters. The lowest BCUT2D eigenvalue weighted by Crippen LogP contribution is -2.37. The van der Waals surface area contributed by atoms with Crippen LogP contribution in [0.25, 0.3) is 10.2 Å². The maximum atomic E-state index is 13.2. The first-order chi connectivity index (χ1) is 12.7. The third kappa shape index (κ3) is 3.17. The summed E-state index contributed by atoms with van der Waals surface area (Å²) in [6.45, 7) is 3.00. The first-order valence-corrected chi connectivity index (χ1v) is 9.92. The van der Waals surface area contributed by atoms with Crippen molar-refractivity contribution in [2.24, 2.45) is 0 Å². The average molecular weight is 390 g/mol. The van der Waals surface area contributed by atoms with Crippen molar-refractivity contribution in [1.82, 2.24) is 14.6 Å². The van der Waals surface area contributed by atoms with E-state index in [0.717, 1.165) is 41.2 Å². The highest BCUT2D eigenvalue weighted by molar-refractivity contribution is 7.22. The van der Waals surface area contributed by atoms with Gasteiger partial charge in [0.1, 0.15) is 16.1 Å². The van der Waals surface area contributed by atoms with Crippen molar-refractivity contribution < 1.29 is 14.3 Å². The van der Waals surface area contributed by atoms with Crippen molar-refractivity contribution in [3.63, 3.8) is 0 Å². The highest BCUT2D eigenvalue weighted by Gasteiger charge is 2.29. The Morgan fingerprint density at radius 2 is 2.35 bits per heavy atom. The van der Waals surface area contributed by atoms with Gasteiger partial charge < -0.3 is 9.47 Å². The van der Waals surface area contributed by atoms with Gasteiger partial charge in [0.15, 0.2) is 5.13 Å². The molecule has 0 saturated carbocycles. The van der Waals surface area contributed by atoms with E-state index in [-0.39, 0.29) is 12.0 Å². The molecule has 7 nitrogen and oxygen atoms in total. The second-order valence-electron chi connectivity index (χ2n) is 6.04. The molecule has 3 heterocycles. The first-order valence-electron chi connectivity index (χ1n) is 8.33. The van der Waals surface area contributed by atoms with Crippen LogP contribution in [0, 0.1) is 6.92 Å². The van der Waals surface area contributed by atoms with E-state index in [0.29, 0.717) is 28.0 Å². The van der Waals surface area contributed by atoms with Crippen LogP contribution in [-0.4, -0.2) is 46.8 Å². The molecule has 9 heteroatoms. The number of ether oxygens (including phenoxy) is 2. The molecule has 0 bridgehead atoms. The monoisotopic (exact) mass is 390 g/mol. The number of nitrogens with zero attached hydrogens (tertiary/aromatic N) is 4. The quantitative estimate of drug-likeness (QED) is 0.665. The summed E-state index contributed by atoms with van der Waals surface area (Å²) in [5.74, 6) is 0.566. The summed E-state index contributed by atoms with van der Waals surface area (Å²) < 4.78 is 16.0. The van der Waals surface area contributed by atoms with Crippen molar-refractivity contribution in [2.45, 2.75) is 25.9 Å². The molecule has 3 aromatic rings. The number of carbonyl (C=O) groups is 1. The number of rotatable bonds is 5. The SMILES string of the molecule is COc1cccc2sc(N(C[C@H]3CCCO3)C(=O)c3snnc3C)nc12. The molecule has 0 spiro atoms. The Hall–Kier alpha value is -2.10. The number of benzene rings is 1. The second-order valence-corrected chi connectivity index (χ2v) is 7.80. The summed E-state index contributed by atoms with van der Waals surface area (Å²) in [5, 5.41) is 4.61. The molecule has 1 fully saturated rings. The van der Waals surface area contributed by atoms with Gasteiger partial charge in [-0.3, -0.25) is 9.69 Å². The van der Waals surface area contributed by atoms with Crippen LogP contribution < -0.4 is 9.64 Å². The molecule has 1 aliphatic rings. The first kappa shape index (κ1) is 17.3. The van der Waals surface area contributed by atoms with Gasteiger partial charge in [-0.2, -0.15) is 0 Å². The van der Waals surface area contributed by atoms with E-state index in [9.17, 15) is 4.79 Å². The van der Waals surface area contributed by atoms with Gasteiger partial charge in [-0.05, 0) is 43.4 Å². The van der Waals surface area contributed by atoms with E-state index in [4.69, 9.17) is 14.5 Å². The molecule has 0 aliphatic carbocycles. The Morgan fingerprint density at radius 3 is 3.04 bits per heavy atom. The maximum Gasteiger partial charge on any atom is 0.273 e. The summed E-state index contributed by atoms with van der Waals surface area (Å²) in [6.07, 6.45) is 1.98. The molecule has 1 saturated heterocycles. The lowest BCUT2D eigenvalue weighted by atomic mass is 10.2. The topological polar surface area (TPSA) is 77.4 Å². The van der Waals surface area contributed by atoms with Crippen LogP contribution >= 0.6 is 22.9 Å². The van der Waals surface area contributed by atoms with E-state index in [1.807, 2.05) is 18.2 Å². The molecule has 1 aliphatic heterocycles. The maximum absolute atomic E-state index is 13.2. The highest BCUT2D eigenvalue weighted by atomic mass is 32.1. The molecular formula is C17H18N4O3S2. The van der Waals surface area contributed by atoms with Gasteiger partial charge in [0.05, 0.1) is 30.2 Å². The third-order valence-electron chi connectivity index (χ3n) is 4.32. The number of fused-ring (bicyclic) bond motifs is 1. The zero-order valence-electron chi connectivity index (χ0n) is 14.5. The van der Waals surface area contributed by atoms with Crippen LogP contribution in [-0.2, 0) is 4.74 Å². The molecule has 26 heavy (non-hydrogen) atoms. The second kappa shape index (κ2) is 7.26. The molecule has 136 valence electrons. The van der Waals surface area contributed by atoms with E-state index in [1.54, 1.807) is 18.9 Å². The van der Waals surface area contributed by atoms with Crippen LogP contribution in [0.1, 0.15) is 28.2 Å². The molecule has 1 amide bonds. The minimum Gasteiger partial charge on any atom is -0.494 e. The Bertz CT molecular complexity index is 933. The van der Waals surface area contributed by atoms with Gasteiger partial charge in [-0.1, -0.05) is 21.9 Å². The number of methoxy groups -OCH3 is 1. The van der Waals surface area contributed by atoms with Gasteiger partial charge in [0.25, 0.3) is 5.91 Å². The number of anilines is 1. The van der Waals surface area contributed by atoms with Crippen LogP contribution in [0.4, 0.5) is 5.13 Å². The highest BCUT2D eigenvalue weighted by Crippen LogP contribution is 2.35. The molecule has 0 radical (unpaired) electrons. The van der Waals surface area contributed by atoms with Crippen molar-refractivity contribution >= 4 is 44.1 Å². The Balaban J connectivity index is 1.74. The summed E-state index contributed by atoms with van der Waals surface area (Å²) in [5.41, 5.74) is 1.40. The number of aromatic nitrogens is 3. The van der Waals surface area contributed by atoms with Gasteiger partial charge in [0, 0.05) is 6.61 Å². The Morgan fingerprint density at radius 1 is 1.46 bits per heavy atom. The predicted molar refractivity (Wildman–Crippen MR) is 101 cm³/mol. The van der Waals surface area contributed by atoms with Gasteiger partial charge >= 0.3 is 0 Å². The molecule has 0 N–H and O–H groups in total. The van der Waals surface area contributed by atoms with E-state index < -0.39 is 0 Å². The van der Waals surface area contributed by atoms with E-state index in [2.05, 4.69) is 9.59 Å². The molecule has 1 aromatic carbocycles. The normalized spacial score (nSPS) is 16.9. The number of thiazole rings is 1. The lowest BCUT2D eigenvalue weighted by molar-refractivity contribution is 0.0920. The molecule has 4 rings (SSSR count). The minimum absolute atomic E-state index is 0.0223. The smallest absolute Gasteiger partial charge is 0.273 e. The van der Waals surface area contributed by atoms with E-state index in [1.165, 1.54) is 11.3 Å². The zero-order valence-corrected chi connectivity index (χ0v) is 16.1. The van der Waals surface area contributed by atoms with Crippen LogP contribution in [0.3, 0.4) is 0 Å². The number of carbonyl (C=O) groups excluding carboxylic acids is 1. The summed E-state index contributed by atoms with van der Waals surface area (Å²) in [4.78, 5) is 20.1. The van der Waals surface area contributed by atoms with Crippen molar-refractivity contribution in [2.75, 3.05) is 25.2 Å². The number of amides is 1. The number of aryl methyl sites for hydroxylation is 1. The summed E-state index contributed by atoms with van der Waals surface area (Å²) >= 11 is 2.58. The zero-order chi connectivity index (χ0) is 18.1. The molecule has 2 aromatic heterocycles. The van der Waals surface area contributed by atoms with E-state index >= 15 is 0 Å². The number of para-hydroxylation sites is 1. The van der Waals surface area contributed by atoms with Crippen molar-refractivity contribution in [3.8, 4) is 5.75 Å². The fourth-order valence-electron chi connectivity index (χ4n) is 2.98. The third-order valence-corrected chi connectivity index (χ3v) is 6.18. The fourth-order valence-corrected chi connectivity index (χ4v) is 4.58. The fraction of sp³-hybridized carbons (Fsp3) is 0.412. The minimum atomic E-state index is -0.133. The number of hydrogen-bond donors (Lipinski definition) is 0. The number of hydrogen-bond acceptors (Lipinski definition) is 8. The Labute approximate surface area is 158 Å². The van der Waals surface area contributed by atoms with Crippen molar-refractivity contribution in [3.05, 3.63) is 28.8 Å². The largest absolute Gasteiger partial charge is 0.494 e. The average Bonchev–Trinajstić information content (AvgIpc) is 3.38. The van der Waals surface area contributed by atoms with Crippen LogP contribution in [0.5, 0.6) is 5.75 Å². The molecule has 0 unspecified atom stereocenters. The lowest BCUT2D eigenvalue weighted by Gasteiger charge is -2.22. The predicted octanol–water partition coefficient (Wildman–Crippen LogP) is 3.29. The van der Waals surface area contributed by atoms with Gasteiger partial charge in [-0.25, -0.2) is 4.98 Å². The van der Waals surface area contributed by atoms with Gasteiger partial charge in [-0.15, -0.1) is 5.10 Å². The summed E-state index contributed by atoms with van der Waals surface area (Å²) in [6, 6.07) is 5.77. The standard InChI is InChI=1S/C17H18N4O3S2/c1-10-15(26-20-19-10)16(22)21(9-11-5-4-8-24-11)17-18-14-12(23-2)6-3-7-13(14)25-17/h3,6-7,11H,4-5,8-9H2,1-2H3/t11-/m1/s1. The Kier molecular flexibility index (Phi) is 4.84. The van der Waals surface area contributed by atoms with Crippen LogP contribution in [0.15, 0.2) is 18.2 Å². The summed E-state index contributed by atoms with van der Waals surface area (Å²) in [7, 11) is 1.62. The molecular weight excluding hydrogens is 372 g/mol. The van der Waals surface area contributed by atoms with Crippen LogP contribution in [0.2, 0.25) is 0 Å². The van der Waals surface area contributed by atoms with Gasteiger partial charge in [0.2, 0.25) is 0 Å².